The molecule has 2 aromatic heterocycles. The van der Waals surface area contributed by atoms with Gasteiger partial charge < -0.3 is 4.98 Å². The number of aromatic amines is 1. The molecule has 0 unspecified atom stereocenters. The maximum absolute atomic E-state index is 12.7. The number of nitrogens with one attached hydrogen (secondary N) is 2. The van der Waals surface area contributed by atoms with Crippen molar-refractivity contribution in [1.29, 1.82) is 0 Å². The monoisotopic (exact) mass is 499 g/mol. The van der Waals surface area contributed by atoms with E-state index in [2.05, 4.69) is 4.98 Å². The predicted molar refractivity (Wildman–Crippen MR) is 133 cm³/mol. The van der Waals surface area contributed by atoms with Crippen LogP contribution in [0.3, 0.4) is 0 Å². The van der Waals surface area contributed by atoms with Crippen molar-refractivity contribution in [2.75, 3.05) is 4.72 Å². The molecule has 2 heterocycles. The smallest absolute Gasteiger partial charge is 0.361 e. The molecule has 0 aliphatic rings. The first kappa shape index (κ1) is 24.8. The molecule has 0 amide bonds. The van der Waals surface area contributed by atoms with E-state index < -0.39 is 15.5 Å². The molecule has 0 spiro atoms. The van der Waals surface area contributed by atoms with Gasteiger partial charge in [0, 0.05) is 36.8 Å². The second-order valence-corrected chi connectivity index (χ2v) is 9.52. The number of aromatic nitrogens is 2. The molecule has 180 valence electrons. The number of H-pyrrole nitrogens is 1. The fourth-order valence-corrected chi connectivity index (χ4v) is 4.68. The number of hydrogen-bond acceptors (Lipinski definition) is 4. The van der Waals surface area contributed by atoms with E-state index in [0.29, 0.717) is 12.1 Å². The van der Waals surface area contributed by atoms with Crippen LogP contribution in [0, 0.1) is 0 Å². The molecule has 10 heteroatoms. The summed E-state index contributed by atoms with van der Waals surface area (Å²) in [5, 5.41) is 3.81. The van der Waals surface area contributed by atoms with Crippen LogP contribution in [0.2, 0.25) is 0 Å². The molecule has 2 aromatic carbocycles. The van der Waals surface area contributed by atoms with Gasteiger partial charge in [0.2, 0.25) is 0 Å². The molecule has 0 fully saturated rings. The minimum Gasteiger partial charge on any atom is -0.361 e. The van der Waals surface area contributed by atoms with E-state index in [1.54, 1.807) is 10.8 Å². The number of fused-ring (bicyclic) bond motifs is 1. The standard InChI is InChI=1S/C21H18F3N3O2S2.C2H6.2H2/c1-2-3-14-10-16(27-31(28,29)21(22,23)24)6-7-17(14)19-12-30-20(26-19)15-5-4-13-8-9-25-18(13)11-15;1-2;;/h4-12,25,27H,2-3H2,1H3;1-2H3;2*1H. The number of anilines is 1. The normalized spacial score (nSPS) is 11.8. The molecule has 4 aromatic rings. The summed E-state index contributed by atoms with van der Waals surface area (Å²) in [4.78, 5) is 7.88. The van der Waals surface area contributed by atoms with Gasteiger partial charge in [-0.3, -0.25) is 4.72 Å². The van der Waals surface area contributed by atoms with Gasteiger partial charge in [-0.2, -0.15) is 21.6 Å². The van der Waals surface area contributed by atoms with Crippen LogP contribution in [-0.4, -0.2) is 23.9 Å². The Morgan fingerprint density at radius 3 is 2.58 bits per heavy atom. The molecule has 0 atom stereocenters. The van der Waals surface area contributed by atoms with Crippen LogP contribution in [0.25, 0.3) is 32.7 Å². The van der Waals surface area contributed by atoms with E-state index >= 15 is 0 Å². The number of thiazole rings is 1. The summed E-state index contributed by atoms with van der Waals surface area (Å²) in [6.45, 7) is 5.94. The lowest BCUT2D eigenvalue weighted by atomic mass is 10.0. The van der Waals surface area contributed by atoms with Crippen LogP contribution in [0.1, 0.15) is 35.6 Å². The summed E-state index contributed by atoms with van der Waals surface area (Å²) in [7, 11) is -5.47. The third-order valence-electron chi connectivity index (χ3n) is 4.76. The summed E-state index contributed by atoms with van der Waals surface area (Å²) < 4.78 is 62.5. The highest BCUT2D eigenvalue weighted by atomic mass is 32.2. The lowest BCUT2D eigenvalue weighted by molar-refractivity contribution is -0.0429. The Bertz CT molecular complexity index is 1350. The first-order chi connectivity index (χ1) is 15.7. The zero-order chi connectivity index (χ0) is 24.2. The van der Waals surface area contributed by atoms with Crippen LogP contribution in [0.15, 0.2) is 54.0 Å². The summed E-state index contributed by atoms with van der Waals surface area (Å²) in [5.74, 6) is 0. The number of benzene rings is 2. The molecule has 33 heavy (non-hydrogen) atoms. The highest BCUT2D eigenvalue weighted by Crippen LogP contribution is 2.34. The molecule has 5 nitrogen and oxygen atoms in total. The van der Waals surface area contributed by atoms with Crippen LogP contribution in [-0.2, 0) is 16.4 Å². The van der Waals surface area contributed by atoms with Gasteiger partial charge in [-0.1, -0.05) is 45.4 Å². The van der Waals surface area contributed by atoms with Crippen molar-refractivity contribution >= 4 is 38.0 Å². The largest absolute Gasteiger partial charge is 0.516 e. The maximum Gasteiger partial charge on any atom is 0.516 e. The van der Waals surface area contributed by atoms with Gasteiger partial charge in [0.25, 0.3) is 0 Å². The number of sulfonamides is 1. The fourth-order valence-electron chi connectivity index (χ4n) is 3.31. The number of rotatable bonds is 6. The van der Waals surface area contributed by atoms with Crippen LogP contribution < -0.4 is 4.72 Å². The molecule has 0 aliphatic carbocycles. The fraction of sp³-hybridized carbons (Fsp3) is 0.261. The van der Waals surface area contributed by atoms with Crippen molar-refractivity contribution in [3.8, 4) is 21.8 Å². The summed E-state index contributed by atoms with van der Waals surface area (Å²) in [5.41, 5.74) is -1.36. The second-order valence-electron chi connectivity index (χ2n) is 6.99. The van der Waals surface area contributed by atoms with Gasteiger partial charge in [-0.15, -0.1) is 11.3 Å². The third-order valence-corrected chi connectivity index (χ3v) is 6.77. The predicted octanol–water partition coefficient (Wildman–Crippen LogP) is 7.69. The van der Waals surface area contributed by atoms with Gasteiger partial charge in [-0.25, -0.2) is 4.98 Å². The van der Waals surface area contributed by atoms with Crippen molar-refractivity contribution in [2.45, 2.75) is 39.1 Å². The minimum atomic E-state index is -5.47. The molecule has 0 saturated heterocycles. The van der Waals surface area contributed by atoms with E-state index in [-0.39, 0.29) is 8.54 Å². The van der Waals surface area contributed by atoms with Gasteiger partial charge in [0.15, 0.2) is 0 Å². The topological polar surface area (TPSA) is 74.8 Å². The Balaban J connectivity index is 0.00000149. The SMILES string of the molecule is CC.CCCc1cc(NS(=O)(=O)C(F)(F)F)ccc1-c1csc(-c2ccc3cc[nH]c3c2)n1.[HH].[HH]. The number of halogens is 3. The Morgan fingerprint density at radius 2 is 1.88 bits per heavy atom. The first-order valence-electron chi connectivity index (χ1n) is 10.4. The average molecular weight is 500 g/mol. The van der Waals surface area contributed by atoms with E-state index in [4.69, 9.17) is 4.98 Å². The zero-order valence-corrected chi connectivity index (χ0v) is 20.0. The van der Waals surface area contributed by atoms with E-state index in [1.165, 1.54) is 23.5 Å². The first-order valence-corrected chi connectivity index (χ1v) is 12.8. The Hall–Kier alpha value is -2.85. The lowest BCUT2D eigenvalue weighted by Crippen LogP contribution is -2.29. The van der Waals surface area contributed by atoms with Crippen molar-refractivity contribution in [2.24, 2.45) is 0 Å². The van der Waals surface area contributed by atoms with Crippen LogP contribution in [0.4, 0.5) is 18.9 Å². The van der Waals surface area contributed by atoms with Gasteiger partial charge in [-0.05, 0) is 41.6 Å². The minimum absolute atomic E-state index is 0. The average Bonchev–Trinajstić information content (AvgIpc) is 3.44. The van der Waals surface area contributed by atoms with Crippen molar-refractivity contribution < 1.29 is 24.4 Å². The summed E-state index contributed by atoms with van der Waals surface area (Å²) in [6, 6.07) is 12.4. The van der Waals surface area contributed by atoms with Crippen LogP contribution in [0.5, 0.6) is 0 Å². The maximum atomic E-state index is 12.7. The Morgan fingerprint density at radius 1 is 1.12 bits per heavy atom. The molecule has 0 saturated carbocycles. The molecular weight excluding hydrogens is 471 g/mol. The molecule has 0 bridgehead atoms. The van der Waals surface area contributed by atoms with Gasteiger partial charge in [0.1, 0.15) is 5.01 Å². The number of aryl methyl sites for hydroxylation is 1. The van der Waals surface area contributed by atoms with E-state index in [0.717, 1.165) is 39.0 Å². The van der Waals surface area contributed by atoms with E-state index in [1.807, 2.05) is 56.6 Å². The van der Waals surface area contributed by atoms with Crippen molar-refractivity contribution in [1.82, 2.24) is 9.97 Å². The van der Waals surface area contributed by atoms with Crippen LogP contribution >= 0.6 is 11.3 Å². The van der Waals surface area contributed by atoms with Gasteiger partial charge >= 0.3 is 15.5 Å². The number of nitrogens with zero attached hydrogens (tertiary/aromatic N) is 1. The lowest BCUT2D eigenvalue weighted by Gasteiger charge is -2.13. The van der Waals surface area contributed by atoms with E-state index in [9.17, 15) is 21.6 Å². The molecule has 0 aliphatic heterocycles. The van der Waals surface area contributed by atoms with Crippen molar-refractivity contribution in [3.63, 3.8) is 0 Å². The molecule has 2 N–H and O–H groups in total. The Labute approximate surface area is 197 Å². The number of alkyl halides is 3. The second kappa shape index (κ2) is 9.96. The summed E-state index contributed by atoms with van der Waals surface area (Å²) >= 11 is 1.47. The molecule has 0 radical (unpaired) electrons. The zero-order valence-electron chi connectivity index (χ0n) is 18.3. The van der Waals surface area contributed by atoms with Gasteiger partial charge in [0.05, 0.1) is 5.69 Å². The molecule has 4 rings (SSSR count). The molecular formula is C23H28F3N3O2S2. The number of hydrogen-bond donors (Lipinski definition) is 2. The highest BCUT2D eigenvalue weighted by Gasteiger charge is 2.46. The highest BCUT2D eigenvalue weighted by molar-refractivity contribution is 7.93. The van der Waals surface area contributed by atoms with Crippen molar-refractivity contribution in [3.05, 3.63) is 59.6 Å². The quantitative estimate of drug-likeness (QED) is 0.286. The Kier molecular flexibility index (Phi) is 7.48. The summed E-state index contributed by atoms with van der Waals surface area (Å²) in [6.07, 6.45) is 3.18. The third kappa shape index (κ3) is 5.39.